The third-order valence-corrected chi connectivity index (χ3v) is 4.50. The van der Waals surface area contributed by atoms with Gasteiger partial charge in [0.05, 0.1) is 5.56 Å². The van der Waals surface area contributed by atoms with Gasteiger partial charge in [-0.15, -0.1) is 0 Å². The molecule has 3 rings (SSSR count). The van der Waals surface area contributed by atoms with Gasteiger partial charge in [0.15, 0.2) is 6.29 Å². The number of ether oxygens (including phenoxy) is 1. The Labute approximate surface area is 147 Å². The SMILES string of the molecule is CCCN1CCC(Oc2cc(O)c(C=O)c(-c3ccc(O)cc3)c2)C1. The van der Waals surface area contributed by atoms with Crippen LogP contribution in [0.1, 0.15) is 30.1 Å². The standard InChI is InChI=1S/C20H23NO4/c1-2-8-21-9-7-16(12-21)25-17-10-18(19(13-22)20(24)11-17)14-3-5-15(23)6-4-14/h3-6,10-11,13,16,23-24H,2,7-9,12H2,1H3. The van der Waals surface area contributed by atoms with Crippen LogP contribution in [0.2, 0.25) is 0 Å². The van der Waals surface area contributed by atoms with Gasteiger partial charge in [-0.1, -0.05) is 19.1 Å². The van der Waals surface area contributed by atoms with Gasteiger partial charge in [0.25, 0.3) is 0 Å². The largest absolute Gasteiger partial charge is 0.508 e. The van der Waals surface area contributed by atoms with Crippen LogP contribution in [0.5, 0.6) is 17.2 Å². The zero-order chi connectivity index (χ0) is 17.8. The van der Waals surface area contributed by atoms with Crippen LogP contribution in [0.15, 0.2) is 36.4 Å². The van der Waals surface area contributed by atoms with E-state index in [9.17, 15) is 15.0 Å². The highest BCUT2D eigenvalue weighted by Gasteiger charge is 2.24. The lowest BCUT2D eigenvalue weighted by Gasteiger charge is -2.17. The van der Waals surface area contributed by atoms with Gasteiger partial charge in [-0.25, -0.2) is 0 Å². The van der Waals surface area contributed by atoms with Crippen molar-refractivity contribution in [3.8, 4) is 28.4 Å². The number of phenolic OH excluding ortho intramolecular Hbond substituents is 2. The fourth-order valence-corrected chi connectivity index (χ4v) is 3.29. The Hall–Kier alpha value is -2.53. The van der Waals surface area contributed by atoms with E-state index in [-0.39, 0.29) is 23.2 Å². The number of phenols is 2. The summed E-state index contributed by atoms with van der Waals surface area (Å²) in [6.45, 7) is 5.11. The first-order valence-corrected chi connectivity index (χ1v) is 8.61. The molecule has 1 saturated heterocycles. The Kier molecular flexibility index (Phi) is 5.24. The molecule has 1 atom stereocenters. The molecule has 1 unspecified atom stereocenters. The quantitative estimate of drug-likeness (QED) is 0.788. The summed E-state index contributed by atoms with van der Waals surface area (Å²) in [6.07, 6.45) is 2.79. The number of likely N-dealkylation sites (tertiary alicyclic amines) is 1. The maximum atomic E-state index is 11.4. The first-order chi connectivity index (χ1) is 12.1. The van der Waals surface area contributed by atoms with Crippen molar-refractivity contribution in [3.05, 3.63) is 42.0 Å². The number of benzene rings is 2. The molecule has 2 aromatic carbocycles. The molecule has 0 aromatic heterocycles. The van der Waals surface area contributed by atoms with E-state index in [0.717, 1.165) is 38.0 Å². The van der Waals surface area contributed by atoms with E-state index in [1.54, 1.807) is 30.3 Å². The van der Waals surface area contributed by atoms with Crippen molar-refractivity contribution in [3.63, 3.8) is 0 Å². The highest BCUT2D eigenvalue weighted by Crippen LogP contribution is 2.35. The molecule has 0 radical (unpaired) electrons. The molecule has 2 aromatic rings. The molecule has 0 aliphatic carbocycles. The zero-order valence-corrected chi connectivity index (χ0v) is 14.3. The average Bonchev–Trinajstić information content (AvgIpc) is 3.02. The summed E-state index contributed by atoms with van der Waals surface area (Å²) in [5, 5.41) is 19.7. The minimum Gasteiger partial charge on any atom is -0.508 e. The molecule has 132 valence electrons. The number of rotatable bonds is 6. The minimum atomic E-state index is -0.0982. The van der Waals surface area contributed by atoms with E-state index in [2.05, 4.69) is 11.8 Å². The number of hydrogen-bond acceptors (Lipinski definition) is 5. The topological polar surface area (TPSA) is 70.0 Å². The number of carbonyl (C=O) groups excluding carboxylic acids is 1. The number of nitrogens with zero attached hydrogens (tertiary/aromatic N) is 1. The fourth-order valence-electron chi connectivity index (χ4n) is 3.29. The molecular weight excluding hydrogens is 318 g/mol. The van der Waals surface area contributed by atoms with Gasteiger partial charge in [-0.3, -0.25) is 9.69 Å². The zero-order valence-electron chi connectivity index (χ0n) is 14.3. The molecular formula is C20H23NO4. The van der Waals surface area contributed by atoms with Crippen LogP contribution < -0.4 is 4.74 Å². The van der Waals surface area contributed by atoms with Crippen molar-refractivity contribution in [1.29, 1.82) is 0 Å². The summed E-state index contributed by atoms with van der Waals surface area (Å²) in [5.41, 5.74) is 1.55. The van der Waals surface area contributed by atoms with Crippen molar-refractivity contribution in [2.45, 2.75) is 25.9 Å². The van der Waals surface area contributed by atoms with E-state index in [4.69, 9.17) is 4.74 Å². The van der Waals surface area contributed by atoms with E-state index in [0.29, 0.717) is 17.6 Å². The summed E-state index contributed by atoms with van der Waals surface area (Å²) in [5.74, 6) is 0.600. The summed E-state index contributed by atoms with van der Waals surface area (Å²) in [4.78, 5) is 13.8. The Bertz CT molecular complexity index is 742. The van der Waals surface area contributed by atoms with Crippen LogP contribution in [0.4, 0.5) is 0 Å². The van der Waals surface area contributed by atoms with Crippen molar-refractivity contribution in [2.24, 2.45) is 0 Å². The molecule has 2 N–H and O–H groups in total. The molecule has 1 fully saturated rings. The number of carbonyl (C=O) groups is 1. The monoisotopic (exact) mass is 341 g/mol. The van der Waals surface area contributed by atoms with Gasteiger partial charge in [-0.05, 0) is 48.7 Å². The lowest BCUT2D eigenvalue weighted by atomic mass is 9.99. The lowest BCUT2D eigenvalue weighted by molar-refractivity contribution is 0.112. The summed E-state index contributed by atoms with van der Waals surface area (Å²) in [6, 6.07) is 9.79. The predicted molar refractivity (Wildman–Crippen MR) is 96.4 cm³/mol. The fraction of sp³-hybridized carbons (Fsp3) is 0.350. The average molecular weight is 341 g/mol. The normalized spacial score (nSPS) is 17.6. The van der Waals surface area contributed by atoms with Gasteiger partial charge in [0, 0.05) is 19.2 Å². The molecule has 1 aliphatic rings. The molecule has 1 aliphatic heterocycles. The summed E-state index contributed by atoms with van der Waals surface area (Å²) in [7, 11) is 0. The van der Waals surface area contributed by atoms with Crippen LogP contribution in [0, 0.1) is 0 Å². The highest BCUT2D eigenvalue weighted by molar-refractivity contribution is 5.91. The Morgan fingerprint density at radius 1 is 1.24 bits per heavy atom. The maximum absolute atomic E-state index is 11.4. The Morgan fingerprint density at radius 2 is 2.00 bits per heavy atom. The molecule has 25 heavy (non-hydrogen) atoms. The maximum Gasteiger partial charge on any atom is 0.154 e. The van der Waals surface area contributed by atoms with Gasteiger partial charge in [-0.2, -0.15) is 0 Å². The second-order valence-electron chi connectivity index (χ2n) is 6.40. The third-order valence-electron chi connectivity index (χ3n) is 4.50. The van der Waals surface area contributed by atoms with Gasteiger partial charge in [0.1, 0.15) is 23.4 Å². The van der Waals surface area contributed by atoms with Crippen molar-refractivity contribution >= 4 is 6.29 Å². The van der Waals surface area contributed by atoms with Crippen molar-refractivity contribution in [1.82, 2.24) is 4.90 Å². The minimum absolute atomic E-state index is 0.0840. The second kappa shape index (κ2) is 7.57. The van der Waals surface area contributed by atoms with E-state index in [1.807, 2.05) is 0 Å². The van der Waals surface area contributed by atoms with Gasteiger partial charge >= 0.3 is 0 Å². The smallest absolute Gasteiger partial charge is 0.154 e. The molecule has 0 bridgehead atoms. The van der Waals surface area contributed by atoms with E-state index < -0.39 is 0 Å². The van der Waals surface area contributed by atoms with Crippen molar-refractivity contribution in [2.75, 3.05) is 19.6 Å². The van der Waals surface area contributed by atoms with Crippen LogP contribution in [0.25, 0.3) is 11.1 Å². The first-order valence-electron chi connectivity index (χ1n) is 8.61. The number of hydrogen-bond donors (Lipinski definition) is 2. The van der Waals surface area contributed by atoms with Gasteiger partial charge < -0.3 is 14.9 Å². The molecule has 1 heterocycles. The third kappa shape index (κ3) is 3.94. The Balaban J connectivity index is 1.86. The second-order valence-corrected chi connectivity index (χ2v) is 6.40. The predicted octanol–water partition coefficient (Wildman–Crippen LogP) is 3.44. The molecule has 5 nitrogen and oxygen atoms in total. The summed E-state index contributed by atoms with van der Waals surface area (Å²) < 4.78 is 6.05. The lowest BCUT2D eigenvalue weighted by Crippen LogP contribution is -2.25. The highest BCUT2D eigenvalue weighted by atomic mass is 16.5. The van der Waals surface area contributed by atoms with E-state index >= 15 is 0 Å². The van der Waals surface area contributed by atoms with E-state index in [1.165, 1.54) is 6.07 Å². The van der Waals surface area contributed by atoms with Crippen molar-refractivity contribution < 1.29 is 19.7 Å². The van der Waals surface area contributed by atoms with Crippen LogP contribution in [-0.2, 0) is 0 Å². The molecule has 0 saturated carbocycles. The molecule has 0 spiro atoms. The molecule has 5 heteroatoms. The molecule has 0 amide bonds. The van der Waals surface area contributed by atoms with Gasteiger partial charge in [0.2, 0.25) is 0 Å². The van der Waals surface area contributed by atoms with Crippen LogP contribution >= 0.6 is 0 Å². The first kappa shape index (κ1) is 17.3. The number of aldehydes is 1. The van der Waals surface area contributed by atoms with Crippen LogP contribution in [0.3, 0.4) is 0 Å². The van der Waals surface area contributed by atoms with Crippen LogP contribution in [-0.4, -0.2) is 47.1 Å². The Morgan fingerprint density at radius 3 is 2.68 bits per heavy atom. The summed E-state index contributed by atoms with van der Waals surface area (Å²) >= 11 is 0. The number of aromatic hydroxyl groups is 2.